The Morgan fingerprint density at radius 2 is 2.20 bits per heavy atom. The van der Waals surface area contributed by atoms with Gasteiger partial charge in [-0.3, -0.25) is 10.1 Å². The zero-order valence-electron chi connectivity index (χ0n) is 11.0. The molecule has 0 bridgehead atoms. The van der Waals surface area contributed by atoms with Gasteiger partial charge in [0.15, 0.2) is 0 Å². The topological polar surface area (TPSA) is 91.6 Å². The van der Waals surface area contributed by atoms with E-state index in [4.69, 9.17) is 9.47 Å². The molecule has 0 aliphatic heterocycles. The maximum absolute atomic E-state index is 11.9. The highest BCUT2D eigenvalue weighted by Crippen LogP contribution is 2.31. The molecule has 104 valence electrons. The summed E-state index contributed by atoms with van der Waals surface area (Å²) in [4.78, 5) is 26.4. The predicted octanol–water partition coefficient (Wildman–Crippen LogP) is 2.33. The summed E-state index contributed by atoms with van der Waals surface area (Å²) in [6.07, 6.45) is 1.34. The van der Waals surface area contributed by atoms with Gasteiger partial charge in [-0.2, -0.15) is 0 Å². The van der Waals surface area contributed by atoms with E-state index < -0.39 is 10.9 Å². The van der Waals surface area contributed by atoms with Crippen molar-refractivity contribution in [3.8, 4) is 5.75 Å². The molecule has 0 saturated carbocycles. The quantitative estimate of drug-likeness (QED) is 0.483. The summed E-state index contributed by atoms with van der Waals surface area (Å²) in [6, 6.07) is 4.26. The molecule has 1 aromatic heterocycles. The molecule has 0 aliphatic carbocycles. The predicted molar refractivity (Wildman–Crippen MR) is 70.9 cm³/mol. The number of carbonyl (C=O) groups is 1. The highest BCUT2D eigenvalue weighted by atomic mass is 16.6. The van der Waals surface area contributed by atoms with Crippen LogP contribution in [0.2, 0.25) is 0 Å². The molecule has 0 saturated heterocycles. The van der Waals surface area contributed by atoms with Crippen molar-refractivity contribution >= 4 is 22.6 Å². The van der Waals surface area contributed by atoms with Gasteiger partial charge in [0.2, 0.25) is 0 Å². The molecule has 0 aliphatic rings. The minimum absolute atomic E-state index is 0.126. The number of carbonyl (C=O) groups excluding carboxylic acids is 1. The van der Waals surface area contributed by atoms with Crippen molar-refractivity contribution < 1.29 is 19.2 Å². The van der Waals surface area contributed by atoms with Crippen molar-refractivity contribution in [1.29, 1.82) is 0 Å². The normalized spacial score (nSPS) is 10.3. The lowest BCUT2D eigenvalue weighted by atomic mass is 10.1. The van der Waals surface area contributed by atoms with Crippen LogP contribution in [0.15, 0.2) is 24.4 Å². The number of pyridine rings is 1. The maximum atomic E-state index is 11.9. The van der Waals surface area contributed by atoms with E-state index in [-0.39, 0.29) is 29.1 Å². The molecule has 0 amide bonds. The number of methoxy groups -OCH3 is 1. The SMILES string of the molecule is CCOC(=O)c1ccnc2c([N+](=O)[O-])cc(OC)cc12. The van der Waals surface area contributed by atoms with Crippen LogP contribution in [0, 0.1) is 10.1 Å². The number of nitro benzene ring substituents is 1. The molecule has 0 spiro atoms. The second kappa shape index (κ2) is 5.52. The fourth-order valence-electron chi connectivity index (χ4n) is 1.85. The van der Waals surface area contributed by atoms with Gasteiger partial charge in [0, 0.05) is 11.6 Å². The number of rotatable bonds is 4. The van der Waals surface area contributed by atoms with Gasteiger partial charge in [0.25, 0.3) is 5.69 Å². The van der Waals surface area contributed by atoms with Crippen LogP contribution in [-0.2, 0) is 4.74 Å². The average molecular weight is 276 g/mol. The van der Waals surface area contributed by atoms with Gasteiger partial charge in [0.1, 0.15) is 11.3 Å². The molecule has 7 nitrogen and oxygen atoms in total. The van der Waals surface area contributed by atoms with Gasteiger partial charge in [-0.25, -0.2) is 9.78 Å². The zero-order valence-corrected chi connectivity index (χ0v) is 11.0. The van der Waals surface area contributed by atoms with Crippen LogP contribution in [0.5, 0.6) is 5.75 Å². The second-order valence-corrected chi connectivity index (χ2v) is 3.88. The van der Waals surface area contributed by atoms with E-state index in [9.17, 15) is 14.9 Å². The van der Waals surface area contributed by atoms with Crippen LogP contribution in [0.1, 0.15) is 17.3 Å². The standard InChI is InChI=1S/C13H12N2O5/c1-3-20-13(16)9-4-5-14-12-10(9)6-8(19-2)7-11(12)15(17)18/h4-7H,3H2,1-2H3. The minimum atomic E-state index is -0.563. The van der Waals surface area contributed by atoms with Crippen LogP contribution >= 0.6 is 0 Å². The minimum Gasteiger partial charge on any atom is -0.496 e. The van der Waals surface area contributed by atoms with Crippen LogP contribution < -0.4 is 4.74 Å². The van der Waals surface area contributed by atoms with Crippen molar-refractivity contribution in [2.24, 2.45) is 0 Å². The van der Waals surface area contributed by atoms with Gasteiger partial charge in [0.05, 0.1) is 30.3 Å². The summed E-state index contributed by atoms with van der Waals surface area (Å²) in [5, 5.41) is 11.4. The third-order valence-electron chi connectivity index (χ3n) is 2.73. The van der Waals surface area contributed by atoms with E-state index >= 15 is 0 Å². The number of nitrogens with zero attached hydrogens (tertiary/aromatic N) is 2. The monoisotopic (exact) mass is 276 g/mol. The van der Waals surface area contributed by atoms with Crippen molar-refractivity contribution in [3.63, 3.8) is 0 Å². The van der Waals surface area contributed by atoms with E-state index in [0.29, 0.717) is 5.39 Å². The van der Waals surface area contributed by atoms with Gasteiger partial charge in [-0.15, -0.1) is 0 Å². The number of nitro groups is 1. The lowest BCUT2D eigenvalue weighted by molar-refractivity contribution is -0.383. The molecule has 1 heterocycles. The van der Waals surface area contributed by atoms with Crippen LogP contribution in [0.3, 0.4) is 0 Å². The van der Waals surface area contributed by atoms with E-state index in [0.717, 1.165) is 0 Å². The van der Waals surface area contributed by atoms with Gasteiger partial charge >= 0.3 is 5.97 Å². The van der Waals surface area contributed by atoms with Crippen molar-refractivity contribution in [1.82, 2.24) is 4.98 Å². The molecule has 0 radical (unpaired) electrons. The summed E-state index contributed by atoms with van der Waals surface area (Å²) in [5.41, 5.74) is 0.130. The van der Waals surface area contributed by atoms with Crippen LogP contribution in [-0.4, -0.2) is 29.6 Å². The fourth-order valence-corrected chi connectivity index (χ4v) is 1.85. The first-order valence-electron chi connectivity index (χ1n) is 5.86. The number of hydrogen-bond donors (Lipinski definition) is 0. The Morgan fingerprint density at radius 3 is 2.80 bits per heavy atom. The highest BCUT2D eigenvalue weighted by molar-refractivity contribution is 6.05. The molecule has 0 unspecified atom stereocenters. The average Bonchev–Trinajstić information content (AvgIpc) is 2.45. The molecule has 20 heavy (non-hydrogen) atoms. The third-order valence-corrected chi connectivity index (χ3v) is 2.73. The van der Waals surface area contributed by atoms with E-state index in [1.165, 1.54) is 31.5 Å². The number of benzene rings is 1. The Bertz CT molecular complexity index is 684. The number of fused-ring (bicyclic) bond motifs is 1. The molecular formula is C13H12N2O5. The summed E-state index contributed by atoms with van der Waals surface area (Å²) in [6.45, 7) is 1.90. The summed E-state index contributed by atoms with van der Waals surface area (Å²) >= 11 is 0. The number of esters is 1. The molecule has 1 aromatic carbocycles. The van der Waals surface area contributed by atoms with Crippen molar-refractivity contribution in [2.45, 2.75) is 6.92 Å². The molecule has 0 fully saturated rings. The van der Waals surface area contributed by atoms with Crippen molar-refractivity contribution in [2.75, 3.05) is 13.7 Å². The number of non-ortho nitro benzene ring substituents is 1. The first-order chi connectivity index (χ1) is 9.58. The summed E-state index contributed by atoms with van der Waals surface area (Å²) in [7, 11) is 1.39. The summed E-state index contributed by atoms with van der Waals surface area (Å²) in [5.74, 6) is -0.273. The Balaban J connectivity index is 2.76. The Kier molecular flexibility index (Phi) is 3.79. The third kappa shape index (κ3) is 2.37. The molecule has 2 aromatic rings. The lowest BCUT2D eigenvalue weighted by Crippen LogP contribution is -2.06. The molecule has 0 atom stereocenters. The van der Waals surface area contributed by atoms with Gasteiger partial charge in [-0.1, -0.05) is 0 Å². The Labute approximate surface area is 114 Å². The van der Waals surface area contributed by atoms with E-state index in [1.807, 2.05) is 0 Å². The first-order valence-corrected chi connectivity index (χ1v) is 5.86. The molecule has 2 rings (SSSR count). The van der Waals surface area contributed by atoms with E-state index in [1.54, 1.807) is 6.92 Å². The van der Waals surface area contributed by atoms with Crippen molar-refractivity contribution in [3.05, 3.63) is 40.1 Å². The fraction of sp³-hybridized carbons (Fsp3) is 0.231. The van der Waals surface area contributed by atoms with Crippen LogP contribution in [0.25, 0.3) is 10.9 Å². The maximum Gasteiger partial charge on any atom is 0.338 e. The van der Waals surface area contributed by atoms with E-state index in [2.05, 4.69) is 4.98 Å². The molecular weight excluding hydrogens is 264 g/mol. The first kappa shape index (κ1) is 13.7. The molecule has 0 N–H and O–H groups in total. The number of ether oxygens (including phenoxy) is 2. The zero-order chi connectivity index (χ0) is 14.7. The Hall–Kier alpha value is -2.70. The lowest BCUT2D eigenvalue weighted by Gasteiger charge is -2.07. The number of aromatic nitrogens is 1. The summed E-state index contributed by atoms with van der Waals surface area (Å²) < 4.78 is 9.96. The Morgan fingerprint density at radius 1 is 1.45 bits per heavy atom. The highest BCUT2D eigenvalue weighted by Gasteiger charge is 2.20. The molecule has 7 heteroatoms. The largest absolute Gasteiger partial charge is 0.496 e. The van der Waals surface area contributed by atoms with Gasteiger partial charge in [-0.05, 0) is 19.1 Å². The number of hydrogen-bond acceptors (Lipinski definition) is 6. The van der Waals surface area contributed by atoms with Crippen LogP contribution in [0.4, 0.5) is 5.69 Å². The smallest absolute Gasteiger partial charge is 0.338 e. The van der Waals surface area contributed by atoms with Gasteiger partial charge < -0.3 is 9.47 Å². The second-order valence-electron chi connectivity index (χ2n) is 3.88.